The molecule has 5 N–H and O–H groups in total. The molecule has 1 aromatic rings. The quantitative estimate of drug-likeness (QED) is 0.165. The van der Waals surface area contributed by atoms with Gasteiger partial charge in [-0.2, -0.15) is 4.39 Å². The van der Waals surface area contributed by atoms with E-state index in [1.807, 2.05) is 0 Å². The largest absolute Gasteiger partial charge is 0.481 e. The Bertz CT molecular complexity index is 698. The van der Waals surface area contributed by atoms with Gasteiger partial charge in [0.15, 0.2) is 0 Å². The van der Waals surface area contributed by atoms with Crippen molar-refractivity contribution in [3.05, 3.63) is 29.8 Å². The minimum Gasteiger partial charge on any atom is -0.481 e. The average molecular weight is 401 g/mol. The molecule has 0 unspecified atom stereocenters. The highest BCUT2D eigenvalue weighted by Gasteiger charge is 2.25. The summed E-state index contributed by atoms with van der Waals surface area (Å²) in [6, 6.07) is -0.228. The lowest BCUT2D eigenvalue weighted by molar-refractivity contribution is -0.144. The van der Waals surface area contributed by atoms with Crippen LogP contribution in [0.15, 0.2) is 18.3 Å². The van der Waals surface area contributed by atoms with E-state index in [0.717, 1.165) is 6.07 Å². The number of amides is 1. The van der Waals surface area contributed by atoms with Gasteiger partial charge in [-0.15, -0.1) is 0 Å². The maximum Gasteiger partial charge on any atom is 0.326 e. The number of halogens is 1. The fourth-order valence-corrected chi connectivity index (χ4v) is 2.03. The zero-order chi connectivity index (χ0) is 21.1. The van der Waals surface area contributed by atoms with Gasteiger partial charge in [0.05, 0.1) is 19.8 Å². The zero-order valence-electron chi connectivity index (χ0n) is 14.6. The van der Waals surface area contributed by atoms with Crippen LogP contribution in [0.3, 0.4) is 0 Å². The molecule has 0 aliphatic heterocycles. The first-order valence-corrected chi connectivity index (χ1v) is 8.07. The number of carbonyl (C=O) groups excluding carboxylic acids is 1. The van der Waals surface area contributed by atoms with Crippen molar-refractivity contribution in [2.24, 2.45) is 0 Å². The van der Waals surface area contributed by atoms with Gasteiger partial charge in [-0.1, -0.05) is 6.07 Å². The molecule has 0 aliphatic carbocycles. The van der Waals surface area contributed by atoms with Gasteiger partial charge >= 0.3 is 17.9 Å². The first kappa shape index (κ1) is 22.9. The SMILES string of the molecule is O=C(O)CC[C@H](NC(=O)C[C@@H](NCOCc1ccc(F)nc1)C(=O)O)C(=O)O. The van der Waals surface area contributed by atoms with Crippen molar-refractivity contribution in [2.45, 2.75) is 38.0 Å². The number of pyridine rings is 1. The van der Waals surface area contributed by atoms with Gasteiger partial charge in [0, 0.05) is 12.6 Å². The van der Waals surface area contributed by atoms with Crippen LogP contribution < -0.4 is 10.6 Å². The lowest BCUT2D eigenvalue weighted by Crippen LogP contribution is -2.46. The molecule has 0 saturated carbocycles. The van der Waals surface area contributed by atoms with Gasteiger partial charge in [-0.3, -0.25) is 19.7 Å². The minimum atomic E-state index is -1.44. The number of hydrogen-bond acceptors (Lipinski definition) is 7. The normalized spacial score (nSPS) is 12.8. The van der Waals surface area contributed by atoms with Crippen molar-refractivity contribution >= 4 is 23.8 Å². The van der Waals surface area contributed by atoms with E-state index in [9.17, 15) is 23.6 Å². The van der Waals surface area contributed by atoms with E-state index < -0.39 is 54.7 Å². The Labute approximate surface area is 158 Å². The highest BCUT2D eigenvalue weighted by molar-refractivity contribution is 5.87. The molecule has 28 heavy (non-hydrogen) atoms. The van der Waals surface area contributed by atoms with Crippen molar-refractivity contribution in [1.29, 1.82) is 0 Å². The number of hydrogen-bond donors (Lipinski definition) is 5. The Hall–Kier alpha value is -3.12. The van der Waals surface area contributed by atoms with Gasteiger partial charge in [-0.05, 0) is 18.1 Å². The lowest BCUT2D eigenvalue weighted by Gasteiger charge is -2.17. The fraction of sp³-hybridized carbons (Fsp3) is 0.438. The van der Waals surface area contributed by atoms with Crippen LogP contribution in [0.4, 0.5) is 4.39 Å². The number of nitrogens with zero attached hydrogens (tertiary/aromatic N) is 1. The third kappa shape index (κ3) is 9.00. The minimum absolute atomic E-state index is 0.0229. The molecule has 0 spiro atoms. The fourth-order valence-electron chi connectivity index (χ4n) is 2.03. The van der Waals surface area contributed by atoms with E-state index >= 15 is 0 Å². The zero-order valence-corrected chi connectivity index (χ0v) is 14.6. The number of carboxylic acid groups (broad SMARTS) is 3. The van der Waals surface area contributed by atoms with Crippen molar-refractivity contribution in [2.75, 3.05) is 6.73 Å². The maximum atomic E-state index is 12.7. The summed E-state index contributed by atoms with van der Waals surface area (Å²) in [7, 11) is 0. The van der Waals surface area contributed by atoms with Crippen LogP contribution in [0.25, 0.3) is 0 Å². The van der Waals surface area contributed by atoms with E-state index in [0.29, 0.717) is 5.56 Å². The van der Waals surface area contributed by atoms with Gasteiger partial charge in [-0.25, -0.2) is 9.78 Å². The predicted octanol–water partition coefficient (Wildman–Crippen LogP) is -0.438. The second-order valence-corrected chi connectivity index (χ2v) is 5.67. The van der Waals surface area contributed by atoms with E-state index in [1.54, 1.807) is 0 Å². The molecule has 0 saturated heterocycles. The number of carboxylic acids is 3. The van der Waals surface area contributed by atoms with Crippen LogP contribution >= 0.6 is 0 Å². The average Bonchev–Trinajstić information content (AvgIpc) is 2.62. The predicted molar refractivity (Wildman–Crippen MR) is 89.5 cm³/mol. The molecule has 154 valence electrons. The van der Waals surface area contributed by atoms with Gasteiger partial charge in [0.1, 0.15) is 12.1 Å². The molecule has 0 radical (unpaired) electrons. The number of rotatable bonds is 13. The molecule has 1 aromatic heterocycles. The summed E-state index contributed by atoms with van der Waals surface area (Å²) in [5.41, 5.74) is 0.551. The summed E-state index contributed by atoms with van der Waals surface area (Å²) in [6.07, 6.45) is -0.144. The molecule has 1 amide bonds. The second-order valence-electron chi connectivity index (χ2n) is 5.67. The van der Waals surface area contributed by atoms with E-state index in [-0.39, 0.29) is 19.8 Å². The van der Waals surface area contributed by atoms with Gasteiger partial charge in [0.25, 0.3) is 0 Å². The number of ether oxygens (including phenoxy) is 1. The molecule has 11 nitrogen and oxygen atoms in total. The molecule has 0 aromatic carbocycles. The summed E-state index contributed by atoms with van der Waals surface area (Å²) in [4.78, 5) is 48.1. The van der Waals surface area contributed by atoms with E-state index in [1.165, 1.54) is 12.3 Å². The summed E-state index contributed by atoms with van der Waals surface area (Å²) < 4.78 is 17.9. The molecule has 1 heterocycles. The highest BCUT2D eigenvalue weighted by atomic mass is 19.1. The molecule has 0 aliphatic rings. The van der Waals surface area contributed by atoms with Crippen LogP contribution in [-0.2, 0) is 30.5 Å². The van der Waals surface area contributed by atoms with Crippen molar-refractivity contribution in [1.82, 2.24) is 15.6 Å². The first-order chi connectivity index (χ1) is 13.2. The Morgan fingerprint density at radius 1 is 1.11 bits per heavy atom. The molecular weight excluding hydrogens is 381 g/mol. The third-order valence-electron chi connectivity index (χ3n) is 3.46. The maximum absolute atomic E-state index is 12.7. The summed E-state index contributed by atoms with van der Waals surface area (Å²) in [5.74, 6) is -5.54. The Morgan fingerprint density at radius 3 is 2.32 bits per heavy atom. The molecular formula is C16H20FN3O8. The topological polar surface area (TPSA) is 175 Å². The number of aliphatic carboxylic acids is 3. The van der Waals surface area contributed by atoms with Crippen LogP contribution in [0.1, 0.15) is 24.8 Å². The van der Waals surface area contributed by atoms with E-state index in [2.05, 4.69) is 15.6 Å². The first-order valence-electron chi connectivity index (χ1n) is 8.07. The van der Waals surface area contributed by atoms with Crippen molar-refractivity contribution in [3.8, 4) is 0 Å². The number of nitrogens with one attached hydrogen (secondary N) is 2. The number of aromatic nitrogens is 1. The van der Waals surface area contributed by atoms with Crippen LogP contribution in [0.5, 0.6) is 0 Å². The third-order valence-corrected chi connectivity index (χ3v) is 3.46. The standard InChI is InChI=1S/C16H20FN3O8/c17-12-3-1-9(6-18-12)7-28-8-19-11(16(26)27)5-13(21)20-10(15(24)25)2-4-14(22)23/h1,3,6,10-11,19H,2,4-5,7-8H2,(H,20,21)(H,22,23)(H,24,25)(H,26,27)/t10-,11+/m0/s1. The molecule has 0 bridgehead atoms. The monoisotopic (exact) mass is 401 g/mol. The molecule has 0 fully saturated rings. The summed E-state index contributed by atoms with van der Waals surface area (Å²) in [5, 5.41) is 31.3. The Morgan fingerprint density at radius 2 is 1.79 bits per heavy atom. The van der Waals surface area contributed by atoms with Crippen LogP contribution in [0.2, 0.25) is 0 Å². The Balaban J connectivity index is 2.45. The highest BCUT2D eigenvalue weighted by Crippen LogP contribution is 2.02. The van der Waals surface area contributed by atoms with Crippen LogP contribution in [-0.4, -0.2) is 62.9 Å². The lowest BCUT2D eigenvalue weighted by atomic mass is 10.1. The molecule has 1 rings (SSSR count). The second kappa shape index (κ2) is 11.6. The van der Waals surface area contributed by atoms with Crippen LogP contribution in [0, 0.1) is 5.95 Å². The number of carbonyl (C=O) groups is 4. The summed E-state index contributed by atoms with van der Waals surface area (Å²) in [6.45, 7) is -0.224. The van der Waals surface area contributed by atoms with Gasteiger partial charge < -0.3 is 25.4 Å². The summed E-state index contributed by atoms with van der Waals surface area (Å²) >= 11 is 0. The van der Waals surface area contributed by atoms with Gasteiger partial charge in [0.2, 0.25) is 11.9 Å². The molecule has 2 atom stereocenters. The van der Waals surface area contributed by atoms with E-state index in [4.69, 9.17) is 20.1 Å². The Kier molecular flexibility index (Phi) is 9.47. The molecule has 12 heteroatoms. The van der Waals surface area contributed by atoms with Crippen molar-refractivity contribution in [3.63, 3.8) is 0 Å². The smallest absolute Gasteiger partial charge is 0.326 e. The van der Waals surface area contributed by atoms with Crippen molar-refractivity contribution < 1.29 is 43.6 Å².